The molecule has 17 nitrogen and oxygen atoms in total. The highest BCUT2D eigenvalue weighted by Gasteiger charge is 2.47. The summed E-state index contributed by atoms with van der Waals surface area (Å²) in [5, 5.41) is 16.4. The van der Waals surface area contributed by atoms with E-state index in [4.69, 9.17) is 34.0 Å². The number of amides is 1. The molecule has 1 amide bonds. The molecule has 8 heterocycles. The fourth-order valence-electron chi connectivity index (χ4n) is 10.8. The fourth-order valence-corrected chi connectivity index (χ4v) is 10.8. The second-order valence-electron chi connectivity index (χ2n) is 18.7. The second-order valence-corrected chi connectivity index (χ2v) is 18.7. The third kappa shape index (κ3) is 7.31. The van der Waals surface area contributed by atoms with Crippen LogP contribution < -0.4 is 20.1 Å². The quantitative estimate of drug-likeness (QED) is 0.138. The first-order valence-corrected chi connectivity index (χ1v) is 23.4. The molecule has 2 bridgehead atoms. The molecule has 4 saturated heterocycles. The number of ether oxygens (including phenoxy) is 4. The number of aryl methyl sites for hydroxylation is 1. The Labute approximate surface area is 384 Å². The summed E-state index contributed by atoms with van der Waals surface area (Å²) in [4.78, 5) is 48.4. The van der Waals surface area contributed by atoms with E-state index in [0.29, 0.717) is 104 Å². The van der Waals surface area contributed by atoms with E-state index < -0.39 is 6.09 Å². The van der Waals surface area contributed by atoms with E-state index >= 15 is 4.39 Å². The summed E-state index contributed by atoms with van der Waals surface area (Å²) >= 11 is 0. The van der Waals surface area contributed by atoms with E-state index in [2.05, 4.69) is 20.9 Å². The predicted molar refractivity (Wildman–Crippen MR) is 245 cm³/mol. The first-order chi connectivity index (χ1) is 32.7. The molecular weight excluding hydrogens is 860 g/mol. The molecule has 4 aliphatic heterocycles. The molecule has 3 atom stereocenters. The van der Waals surface area contributed by atoms with Crippen molar-refractivity contribution >= 4 is 45.0 Å². The molecule has 1 saturated carbocycles. The number of nitrogens with zero attached hydrogens (tertiary/aromatic N) is 10. The van der Waals surface area contributed by atoms with Gasteiger partial charge in [-0.05, 0) is 79.7 Å². The lowest BCUT2D eigenvalue weighted by Crippen LogP contribution is -2.48. The Hall–Kier alpha value is -6.66. The number of anilines is 1. The van der Waals surface area contributed by atoms with Crippen molar-refractivity contribution in [3.8, 4) is 22.9 Å². The van der Waals surface area contributed by atoms with Crippen LogP contribution in [0.2, 0.25) is 0 Å². The van der Waals surface area contributed by atoms with Crippen LogP contribution in [0.4, 0.5) is 15.0 Å². The molecule has 5 fully saturated rings. The minimum Gasteiger partial charge on any atom is -0.486 e. The second kappa shape index (κ2) is 16.6. The minimum atomic E-state index is -0.917. The van der Waals surface area contributed by atoms with Crippen molar-refractivity contribution in [2.75, 3.05) is 37.8 Å². The summed E-state index contributed by atoms with van der Waals surface area (Å²) in [6.45, 7) is 4.85. The van der Waals surface area contributed by atoms with Gasteiger partial charge in [-0.2, -0.15) is 15.1 Å². The number of fused-ring (bicyclic) bond motifs is 5. The smallest absolute Gasteiger partial charge is 0.407 e. The summed E-state index contributed by atoms with van der Waals surface area (Å²) in [6.07, 6.45) is 10.3. The van der Waals surface area contributed by atoms with Crippen LogP contribution in [-0.4, -0.2) is 106 Å². The van der Waals surface area contributed by atoms with Crippen LogP contribution in [0.15, 0.2) is 59.8 Å². The molecule has 4 aromatic heterocycles. The van der Waals surface area contributed by atoms with Crippen molar-refractivity contribution in [3.05, 3.63) is 93.5 Å². The molecule has 1 aliphatic carbocycles. The van der Waals surface area contributed by atoms with E-state index in [1.807, 2.05) is 42.1 Å². The number of piperazine rings is 1. The first kappa shape index (κ1) is 41.7. The van der Waals surface area contributed by atoms with Crippen LogP contribution in [0, 0.1) is 12.7 Å². The van der Waals surface area contributed by atoms with Crippen LogP contribution in [0.1, 0.15) is 85.8 Å². The summed E-state index contributed by atoms with van der Waals surface area (Å²) in [6, 6.07) is 11.6. The van der Waals surface area contributed by atoms with Gasteiger partial charge in [-0.25, -0.2) is 28.6 Å². The molecule has 1 unspecified atom stereocenters. The Bertz CT molecular complexity index is 3140. The predicted octanol–water partition coefficient (Wildman–Crippen LogP) is 7.24. The van der Waals surface area contributed by atoms with Crippen LogP contribution in [0.5, 0.6) is 11.8 Å². The summed E-state index contributed by atoms with van der Waals surface area (Å²) < 4.78 is 47.3. The largest absolute Gasteiger partial charge is 0.486 e. The molecule has 1 N–H and O–H groups in total. The minimum absolute atomic E-state index is 0.0863. The average Bonchev–Trinajstić information content (AvgIpc) is 3.66. The molecule has 346 valence electrons. The van der Waals surface area contributed by atoms with Gasteiger partial charge in [0.25, 0.3) is 0 Å². The summed E-state index contributed by atoms with van der Waals surface area (Å²) in [7, 11) is 1.69. The normalized spacial score (nSPS) is 21.0. The topological polar surface area (TPSA) is 177 Å². The number of carbonyl (C=O) groups is 1. The number of imidazole rings is 1. The third-order valence-corrected chi connectivity index (χ3v) is 14.4. The van der Waals surface area contributed by atoms with Gasteiger partial charge in [-0.1, -0.05) is 24.3 Å². The SMILES string of the molecule is Cc1c(F)cc2c(cnn2C2CCCCO2)c1-c1c(C2CC2)cc2c(N3C[C@@H]4C[C@H]3CN4C(=O)O)nc(OC3CCOCC3)nc2c1OCc1ccc(Cn2c(=O)n(C)c3nccnc32)cc1. The highest BCUT2D eigenvalue weighted by molar-refractivity contribution is 6.06. The van der Waals surface area contributed by atoms with Crippen LogP contribution in [-0.2, 0) is 29.7 Å². The molecule has 67 heavy (non-hydrogen) atoms. The van der Waals surface area contributed by atoms with Gasteiger partial charge in [0.15, 0.2) is 23.3 Å². The number of halogens is 1. The van der Waals surface area contributed by atoms with Gasteiger partial charge in [0.2, 0.25) is 0 Å². The number of rotatable bonds is 11. The number of benzene rings is 3. The fraction of sp³-hybridized carbons (Fsp3) is 0.449. The maximum absolute atomic E-state index is 16.7. The van der Waals surface area contributed by atoms with E-state index in [-0.39, 0.29) is 54.5 Å². The maximum atomic E-state index is 16.7. The van der Waals surface area contributed by atoms with E-state index in [1.165, 1.54) is 9.47 Å². The van der Waals surface area contributed by atoms with Crippen molar-refractivity contribution in [2.24, 2.45) is 7.05 Å². The Kier molecular flexibility index (Phi) is 10.3. The van der Waals surface area contributed by atoms with E-state index in [9.17, 15) is 14.7 Å². The van der Waals surface area contributed by atoms with Gasteiger partial charge in [0.1, 0.15) is 29.9 Å². The van der Waals surface area contributed by atoms with E-state index in [0.717, 1.165) is 65.1 Å². The zero-order valence-electron chi connectivity index (χ0n) is 37.4. The highest BCUT2D eigenvalue weighted by atomic mass is 19.1. The summed E-state index contributed by atoms with van der Waals surface area (Å²) in [5.74, 6) is 0.964. The van der Waals surface area contributed by atoms with Crippen molar-refractivity contribution in [3.63, 3.8) is 0 Å². The Morgan fingerprint density at radius 2 is 1.70 bits per heavy atom. The van der Waals surface area contributed by atoms with Crippen molar-refractivity contribution in [1.82, 2.24) is 43.8 Å². The van der Waals surface area contributed by atoms with E-state index in [1.54, 1.807) is 30.1 Å². The van der Waals surface area contributed by atoms with Gasteiger partial charge in [0, 0.05) is 79.9 Å². The molecule has 5 aliphatic rings. The molecule has 7 aromatic rings. The monoisotopic (exact) mass is 910 g/mol. The highest BCUT2D eigenvalue weighted by Crippen LogP contribution is 2.54. The Morgan fingerprint density at radius 3 is 2.43 bits per heavy atom. The van der Waals surface area contributed by atoms with Crippen LogP contribution >= 0.6 is 0 Å². The molecule has 3 aromatic carbocycles. The lowest BCUT2D eigenvalue weighted by atomic mass is 9.88. The van der Waals surface area contributed by atoms with Crippen LogP contribution in [0.3, 0.4) is 0 Å². The number of carboxylic acid groups (broad SMARTS) is 1. The van der Waals surface area contributed by atoms with Gasteiger partial charge in [-0.3, -0.25) is 9.13 Å². The zero-order valence-corrected chi connectivity index (χ0v) is 37.4. The number of likely N-dealkylation sites (tertiary alicyclic amines) is 1. The molecule has 18 heteroatoms. The van der Waals surface area contributed by atoms with Gasteiger partial charge in [0.05, 0.1) is 43.6 Å². The lowest BCUT2D eigenvalue weighted by Gasteiger charge is -2.34. The third-order valence-electron chi connectivity index (χ3n) is 14.4. The Balaban J connectivity index is 1.02. The van der Waals surface area contributed by atoms with Gasteiger partial charge < -0.3 is 33.9 Å². The summed E-state index contributed by atoms with van der Waals surface area (Å²) in [5.41, 5.74) is 6.70. The van der Waals surface area contributed by atoms with Crippen molar-refractivity contribution in [2.45, 2.75) is 102 Å². The lowest BCUT2D eigenvalue weighted by molar-refractivity contribution is -0.0366. The molecule has 12 rings (SSSR count). The number of hydrogen-bond donors (Lipinski definition) is 1. The standard InChI is InChI=1S/C49H51FN10O7/c1-27-37(50)21-38-36(22-53-60(38)39-5-3-4-16-65-39)40(27)41-34(30-10-11-30)20-35-42(43(41)66-26-29-8-6-28(7-9-29)23-59-46-45(51-14-15-52-46)56(2)48(59)61)54-47(67-33-12-17-64-18-13-33)55-44(35)57-24-32-19-31(57)25-58(32)49(62)63/h6-9,14-15,20-22,30-33,39H,3-5,10-13,16-19,23-26H2,1-2H3,(H,62,63)/t31-,32-,39?/m0/s1. The number of hydrogen-bond acceptors (Lipinski definition) is 12. The molecule has 0 radical (unpaired) electrons. The molecule has 0 spiro atoms. The number of aromatic nitrogens is 8. The van der Waals surface area contributed by atoms with Gasteiger partial charge in [-0.15, -0.1) is 0 Å². The van der Waals surface area contributed by atoms with Gasteiger partial charge >= 0.3 is 17.8 Å². The zero-order chi connectivity index (χ0) is 45.5. The molecular formula is C49H51FN10O7. The van der Waals surface area contributed by atoms with Crippen LogP contribution in [0.25, 0.3) is 44.2 Å². The average molecular weight is 911 g/mol. The maximum Gasteiger partial charge on any atom is 0.407 e. The van der Waals surface area contributed by atoms with Crippen molar-refractivity contribution < 1.29 is 33.2 Å². The first-order valence-electron chi connectivity index (χ1n) is 23.4. The van der Waals surface area contributed by atoms with Crippen molar-refractivity contribution in [1.29, 1.82) is 0 Å². The Morgan fingerprint density at radius 1 is 0.910 bits per heavy atom.